The molecule has 0 spiro atoms. The second kappa shape index (κ2) is 2.52. The summed E-state index contributed by atoms with van der Waals surface area (Å²) in [4.78, 5) is 0. The second-order valence-electron chi connectivity index (χ2n) is 3.17. The number of hydrogen-bond acceptors (Lipinski definition) is 0. The Labute approximate surface area is 72.9 Å². The predicted molar refractivity (Wildman–Crippen MR) is 29.0 cm³/mol. The molecule has 1 aliphatic carbocycles. The van der Waals surface area contributed by atoms with Crippen LogP contribution in [0.1, 0.15) is 12.8 Å². The first-order chi connectivity index (χ1) is 5.91. The van der Waals surface area contributed by atoms with Crippen LogP contribution >= 0.6 is 0 Å². The molecule has 14 heavy (non-hydrogen) atoms. The Morgan fingerprint density at radius 2 is 0.571 bits per heavy atom. The first kappa shape index (κ1) is 11.5. The molecule has 1 aliphatic rings. The molecule has 1 saturated carbocycles. The first-order valence-corrected chi connectivity index (χ1v) is 3.43. The van der Waals surface area contributed by atoms with E-state index in [2.05, 4.69) is 0 Å². The monoisotopic (exact) mass is 228 g/mol. The van der Waals surface area contributed by atoms with Gasteiger partial charge in [-0.05, 0) is 0 Å². The van der Waals surface area contributed by atoms with Gasteiger partial charge in [-0.25, -0.2) is 0 Å². The lowest BCUT2D eigenvalue weighted by Gasteiger charge is -2.40. The zero-order valence-corrected chi connectivity index (χ0v) is 6.44. The van der Waals surface area contributed by atoms with Gasteiger partial charge in [0, 0.05) is 0 Å². The van der Waals surface area contributed by atoms with Gasteiger partial charge in [0.2, 0.25) is 0 Å². The third-order valence-corrected chi connectivity index (χ3v) is 1.96. The van der Waals surface area contributed by atoms with Gasteiger partial charge < -0.3 is 0 Å². The molecular formula is C6H4F8. The molecule has 0 heterocycles. The molecule has 0 radical (unpaired) electrons. The van der Waals surface area contributed by atoms with E-state index in [4.69, 9.17) is 0 Å². The van der Waals surface area contributed by atoms with Crippen molar-refractivity contribution >= 4 is 0 Å². The summed E-state index contributed by atoms with van der Waals surface area (Å²) < 4.78 is 98.1. The summed E-state index contributed by atoms with van der Waals surface area (Å²) in [5.74, 6) is -20.4. The van der Waals surface area contributed by atoms with E-state index in [0.717, 1.165) is 0 Å². The number of alkyl halides is 8. The van der Waals surface area contributed by atoms with Crippen LogP contribution in [-0.4, -0.2) is 23.7 Å². The molecule has 0 aromatic heterocycles. The highest BCUT2D eigenvalue weighted by molar-refractivity contribution is 5.04. The van der Waals surface area contributed by atoms with Crippen molar-refractivity contribution in [1.82, 2.24) is 0 Å². The van der Waals surface area contributed by atoms with Crippen LogP contribution < -0.4 is 0 Å². The topological polar surface area (TPSA) is 0 Å². The van der Waals surface area contributed by atoms with Gasteiger partial charge in [0.15, 0.2) is 0 Å². The SMILES string of the molecule is FC1(F)CC(F)(F)C(F)(F)CC1(F)F. The summed E-state index contributed by atoms with van der Waals surface area (Å²) in [5, 5.41) is 0. The number of halogens is 8. The Morgan fingerprint density at radius 1 is 0.429 bits per heavy atom. The van der Waals surface area contributed by atoms with Crippen LogP contribution in [0, 0.1) is 0 Å². The minimum atomic E-state index is -5.10. The Balaban J connectivity index is 3.07. The zero-order chi connectivity index (χ0) is 11.4. The normalized spacial score (nSPS) is 32.6. The largest absolute Gasteiger partial charge is 0.316 e. The summed E-state index contributed by atoms with van der Waals surface area (Å²) in [6, 6.07) is 0. The molecule has 1 fully saturated rings. The van der Waals surface area contributed by atoms with Crippen molar-refractivity contribution < 1.29 is 35.1 Å². The lowest BCUT2D eigenvalue weighted by molar-refractivity contribution is -0.345. The molecule has 0 atom stereocenters. The molecule has 0 bridgehead atoms. The van der Waals surface area contributed by atoms with Crippen LogP contribution in [-0.2, 0) is 0 Å². The molecule has 1 rings (SSSR count). The van der Waals surface area contributed by atoms with E-state index in [1.807, 2.05) is 0 Å². The molecular weight excluding hydrogens is 224 g/mol. The van der Waals surface area contributed by atoms with Crippen LogP contribution in [0.4, 0.5) is 35.1 Å². The van der Waals surface area contributed by atoms with E-state index in [1.54, 1.807) is 0 Å². The van der Waals surface area contributed by atoms with Gasteiger partial charge in [-0.15, -0.1) is 0 Å². The van der Waals surface area contributed by atoms with E-state index in [0.29, 0.717) is 0 Å². The van der Waals surface area contributed by atoms with E-state index in [-0.39, 0.29) is 0 Å². The summed E-state index contributed by atoms with van der Waals surface area (Å²) in [6.07, 6.45) is -5.67. The van der Waals surface area contributed by atoms with E-state index in [9.17, 15) is 35.1 Å². The number of hydrogen-bond donors (Lipinski definition) is 0. The van der Waals surface area contributed by atoms with Crippen molar-refractivity contribution in [1.29, 1.82) is 0 Å². The van der Waals surface area contributed by atoms with Gasteiger partial charge in [-0.2, -0.15) is 35.1 Å². The van der Waals surface area contributed by atoms with Gasteiger partial charge in [0.1, 0.15) is 0 Å². The first-order valence-electron chi connectivity index (χ1n) is 3.43. The summed E-state index contributed by atoms with van der Waals surface area (Å²) in [5.41, 5.74) is 0. The van der Waals surface area contributed by atoms with Crippen molar-refractivity contribution in [2.24, 2.45) is 0 Å². The zero-order valence-electron chi connectivity index (χ0n) is 6.44. The molecule has 0 amide bonds. The van der Waals surface area contributed by atoms with Gasteiger partial charge in [-0.3, -0.25) is 0 Å². The van der Waals surface area contributed by atoms with Gasteiger partial charge >= 0.3 is 23.7 Å². The van der Waals surface area contributed by atoms with Crippen LogP contribution in [0.25, 0.3) is 0 Å². The Kier molecular flexibility index (Phi) is 2.07. The van der Waals surface area contributed by atoms with Crippen LogP contribution in [0.3, 0.4) is 0 Å². The van der Waals surface area contributed by atoms with Crippen molar-refractivity contribution in [2.75, 3.05) is 0 Å². The quantitative estimate of drug-likeness (QED) is 0.558. The molecule has 0 nitrogen and oxygen atoms in total. The molecule has 0 N–H and O–H groups in total. The Bertz CT molecular complexity index is 192. The average molecular weight is 228 g/mol. The minimum Gasteiger partial charge on any atom is -0.200 e. The highest BCUT2D eigenvalue weighted by atomic mass is 19.3. The second-order valence-corrected chi connectivity index (χ2v) is 3.17. The highest BCUT2D eigenvalue weighted by Gasteiger charge is 2.75. The van der Waals surface area contributed by atoms with Gasteiger partial charge in [0.25, 0.3) is 0 Å². The summed E-state index contributed by atoms with van der Waals surface area (Å²) in [6.45, 7) is 0. The van der Waals surface area contributed by atoms with Crippen LogP contribution in [0.5, 0.6) is 0 Å². The van der Waals surface area contributed by atoms with Crippen molar-refractivity contribution in [3.05, 3.63) is 0 Å². The molecule has 8 heteroatoms. The molecule has 84 valence electrons. The minimum absolute atomic E-state index is 2.83. The maximum Gasteiger partial charge on any atom is 0.316 e. The fourth-order valence-electron chi connectivity index (χ4n) is 1.07. The lowest BCUT2D eigenvalue weighted by atomic mass is 9.86. The maximum atomic E-state index is 12.3. The highest BCUT2D eigenvalue weighted by Crippen LogP contribution is 2.57. The van der Waals surface area contributed by atoms with Gasteiger partial charge in [0.05, 0.1) is 12.8 Å². The standard InChI is InChI=1S/C6H4F8/c7-3(8)1-4(9,10)6(13,14)2-5(3,11)12/h1-2H2. The van der Waals surface area contributed by atoms with Gasteiger partial charge in [-0.1, -0.05) is 0 Å². The van der Waals surface area contributed by atoms with Crippen LogP contribution in [0.2, 0.25) is 0 Å². The summed E-state index contributed by atoms with van der Waals surface area (Å²) >= 11 is 0. The van der Waals surface area contributed by atoms with E-state index >= 15 is 0 Å². The van der Waals surface area contributed by atoms with Crippen molar-refractivity contribution in [2.45, 2.75) is 36.5 Å². The van der Waals surface area contributed by atoms with E-state index in [1.165, 1.54) is 0 Å². The Hall–Kier alpha value is -0.560. The Morgan fingerprint density at radius 3 is 0.714 bits per heavy atom. The molecule has 0 saturated heterocycles. The van der Waals surface area contributed by atoms with Crippen molar-refractivity contribution in [3.8, 4) is 0 Å². The fourth-order valence-corrected chi connectivity index (χ4v) is 1.07. The molecule has 0 aromatic rings. The third-order valence-electron chi connectivity index (χ3n) is 1.96. The predicted octanol–water partition coefficient (Wildman–Crippen LogP) is 3.32. The molecule has 0 aliphatic heterocycles. The average Bonchev–Trinajstić information content (AvgIpc) is 1.78. The lowest BCUT2D eigenvalue weighted by Crippen LogP contribution is -2.60. The van der Waals surface area contributed by atoms with Crippen LogP contribution in [0.15, 0.2) is 0 Å². The third kappa shape index (κ3) is 1.44. The molecule has 0 unspecified atom stereocenters. The smallest absolute Gasteiger partial charge is 0.200 e. The maximum absolute atomic E-state index is 12.3. The number of rotatable bonds is 0. The summed E-state index contributed by atoms with van der Waals surface area (Å²) in [7, 11) is 0. The molecule has 0 aromatic carbocycles. The fraction of sp³-hybridized carbons (Fsp3) is 1.00. The van der Waals surface area contributed by atoms with E-state index < -0.39 is 36.5 Å². The van der Waals surface area contributed by atoms with Crippen molar-refractivity contribution in [3.63, 3.8) is 0 Å².